The molecular formula is C6H6ClIN2O. The molecule has 0 aliphatic heterocycles. The van der Waals surface area contributed by atoms with Crippen LogP contribution in [0.2, 0.25) is 5.15 Å². The van der Waals surface area contributed by atoms with Gasteiger partial charge in [-0.05, 0) is 29.5 Å². The molecule has 1 aromatic rings. The lowest BCUT2D eigenvalue weighted by molar-refractivity contribution is 0.392. The Balaban J connectivity index is 3.24. The number of aromatic nitrogens is 2. The lowest BCUT2D eigenvalue weighted by atomic mass is 10.6. The summed E-state index contributed by atoms with van der Waals surface area (Å²) in [6, 6.07) is 0. The predicted molar refractivity (Wildman–Crippen MR) is 51.0 cm³/mol. The Morgan fingerprint density at radius 2 is 2.09 bits per heavy atom. The van der Waals surface area contributed by atoms with Crippen LogP contribution in [-0.4, -0.2) is 17.1 Å². The van der Waals surface area contributed by atoms with Crippen LogP contribution in [0.4, 0.5) is 0 Å². The highest BCUT2D eigenvalue weighted by molar-refractivity contribution is 14.1. The van der Waals surface area contributed by atoms with Crippen LogP contribution in [0.1, 0.15) is 5.82 Å². The van der Waals surface area contributed by atoms with Gasteiger partial charge in [-0.2, -0.15) is 4.98 Å². The van der Waals surface area contributed by atoms with Gasteiger partial charge < -0.3 is 4.74 Å². The summed E-state index contributed by atoms with van der Waals surface area (Å²) >= 11 is 7.80. The summed E-state index contributed by atoms with van der Waals surface area (Å²) in [5, 5.41) is 0.440. The van der Waals surface area contributed by atoms with Crippen molar-refractivity contribution in [1.29, 1.82) is 0 Å². The number of nitrogens with zero attached hydrogens (tertiary/aromatic N) is 2. The number of ether oxygens (including phenoxy) is 1. The van der Waals surface area contributed by atoms with E-state index in [1.54, 1.807) is 14.0 Å². The quantitative estimate of drug-likeness (QED) is 0.585. The molecule has 0 amide bonds. The van der Waals surface area contributed by atoms with Gasteiger partial charge in [-0.15, -0.1) is 0 Å². The van der Waals surface area contributed by atoms with E-state index >= 15 is 0 Å². The molecule has 60 valence electrons. The highest BCUT2D eigenvalue weighted by atomic mass is 127. The molecule has 3 nitrogen and oxygen atoms in total. The van der Waals surface area contributed by atoms with Crippen LogP contribution < -0.4 is 4.74 Å². The van der Waals surface area contributed by atoms with E-state index in [-0.39, 0.29) is 0 Å². The van der Waals surface area contributed by atoms with Gasteiger partial charge in [0.05, 0.1) is 7.11 Å². The number of methoxy groups -OCH3 is 1. The molecule has 0 saturated carbocycles. The summed E-state index contributed by atoms with van der Waals surface area (Å²) < 4.78 is 5.71. The summed E-state index contributed by atoms with van der Waals surface area (Å²) in [7, 11) is 1.56. The number of aryl methyl sites for hydroxylation is 1. The van der Waals surface area contributed by atoms with E-state index in [1.807, 2.05) is 22.6 Å². The van der Waals surface area contributed by atoms with Crippen molar-refractivity contribution in [2.24, 2.45) is 0 Å². The minimum Gasteiger partial charge on any atom is -0.480 e. The topological polar surface area (TPSA) is 35.0 Å². The predicted octanol–water partition coefficient (Wildman–Crippen LogP) is 2.05. The van der Waals surface area contributed by atoms with Crippen molar-refractivity contribution in [1.82, 2.24) is 9.97 Å². The van der Waals surface area contributed by atoms with E-state index in [9.17, 15) is 0 Å². The van der Waals surface area contributed by atoms with Gasteiger partial charge in [-0.1, -0.05) is 11.6 Å². The van der Waals surface area contributed by atoms with Gasteiger partial charge in [0.2, 0.25) is 5.88 Å². The summed E-state index contributed by atoms with van der Waals surface area (Å²) in [6.07, 6.45) is 0. The third-order valence-electron chi connectivity index (χ3n) is 1.09. The molecule has 0 bridgehead atoms. The van der Waals surface area contributed by atoms with Gasteiger partial charge >= 0.3 is 0 Å². The minimum atomic E-state index is 0.440. The van der Waals surface area contributed by atoms with Crippen LogP contribution in [0, 0.1) is 10.5 Å². The number of rotatable bonds is 1. The van der Waals surface area contributed by atoms with E-state index < -0.39 is 0 Å². The van der Waals surface area contributed by atoms with Crippen LogP contribution >= 0.6 is 34.2 Å². The molecule has 1 rings (SSSR count). The molecule has 0 radical (unpaired) electrons. The normalized spacial score (nSPS) is 9.82. The summed E-state index contributed by atoms with van der Waals surface area (Å²) in [4.78, 5) is 7.98. The zero-order valence-corrected chi connectivity index (χ0v) is 8.97. The highest BCUT2D eigenvalue weighted by Gasteiger charge is 2.07. The zero-order chi connectivity index (χ0) is 8.43. The Kier molecular flexibility index (Phi) is 2.89. The number of hydrogen-bond donors (Lipinski definition) is 0. The Bertz CT molecular complexity index is 280. The number of hydrogen-bond acceptors (Lipinski definition) is 3. The fraction of sp³-hybridized carbons (Fsp3) is 0.333. The Morgan fingerprint density at radius 3 is 2.64 bits per heavy atom. The first-order valence-corrected chi connectivity index (χ1v) is 4.34. The summed E-state index contributed by atoms with van der Waals surface area (Å²) in [6.45, 7) is 1.77. The maximum Gasteiger partial charge on any atom is 0.231 e. The van der Waals surface area contributed by atoms with Gasteiger partial charge in [0.1, 0.15) is 14.5 Å². The Morgan fingerprint density at radius 1 is 1.45 bits per heavy atom. The second-order valence-electron chi connectivity index (χ2n) is 1.88. The fourth-order valence-electron chi connectivity index (χ4n) is 0.636. The highest BCUT2D eigenvalue weighted by Crippen LogP contribution is 2.23. The molecule has 0 spiro atoms. The third kappa shape index (κ3) is 1.93. The second kappa shape index (κ2) is 3.53. The summed E-state index contributed by atoms with van der Waals surface area (Å²) in [5.74, 6) is 1.15. The summed E-state index contributed by atoms with van der Waals surface area (Å²) in [5.41, 5.74) is 0. The molecular weight excluding hydrogens is 278 g/mol. The molecule has 0 aromatic carbocycles. The zero-order valence-electron chi connectivity index (χ0n) is 6.06. The molecule has 5 heteroatoms. The first kappa shape index (κ1) is 8.99. The Labute approximate surface area is 83.3 Å². The molecule has 0 atom stereocenters. The van der Waals surface area contributed by atoms with Crippen molar-refractivity contribution in [3.63, 3.8) is 0 Å². The largest absolute Gasteiger partial charge is 0.480 e. The van der Waals surface area contributed by atoms with Gasteiger partial charge in [0.15, 0.2) is 0 Å². The molecule has 0 unspecified atom stereocenters. The van der Waals surface area contributed by atoms with Crippen molar-refractivity contribution >= 4 is 34.2 Å². The van der Waals surface area contributed by atoms with Crippen molar-refractivity contribution in [3.05, 3.63) is 14.5 Å². The van der Waals surface area contributed by atoms with Crippen LogP contribution in [0.5, 0.6) is 5.88 Å². The van der Waals surface area contributed by atoms with Crippen molar-refractivity contribution in [3.8, 4) is 5.88 Å². The first-order chi connectivity index (χ1) is 5.15. The Hall–Kier alpha value is -0.100. The van der Waals surface area contributed by atoms with Crippen molar-refractivity contribution < 1.29 is 4.74 Å². The second-order valence-corrected chi connectivity index (χ2v) is 3.32. The van der Waals surface area contributed by atoms with Crippen LogP contribution in [-0.2, 0) is 0 Å². The first-order valence-electron chi connectivity index (χ1n) is 2.88. The molecule has 0 fully saturated rings. The fourth-order valence-corrected chi connectivity index (χ4v) is 1.30. The van der Waals surface area contributed by atoms with Crippen LogP contribution in [0.25, 0.3) is 0 Å². The van der Waals surface area contributed by atoms with Crippen molar-refractivity contribution in [2.75, 3.05) is 7.11 Å². The molecule has 0 saturated heterocycles. The van der Waals surface area contributed by atoms with E-state index in [2.05, 4.69) is 9.97 Å². The third-order valence-corrected chi connectivity index (χ3v) is 2.65. The molecule has 0 N–H and O–H groups in total. The molecule has 0 aliphatic carbocycles. The van der Waals surface area contributed by atoms with E-state index in [1.165, 1.54) is 0 Å². The van der Waals surface area contributed by atoms with E-state index in [0.29, 0.717) is 16.9 Å². The SMILES string of the molecule is COc1nc(C)nc(Cl)c1I. The molecule has 0 aliphatic rings. The standard InChI is InChI=1S/C6H6ClIN2O/c1-3-9-5(7)4(8)6(10-3)11-2/h1-2H3. The average Bonchev–Trinajstić information content (AvgIpc) is 1.96. The lowest BCUT2D eigenvalue weighted by Gasteiger charge is -2.03. The van der Waals surface area contributed by atoms with Gasteiger partial charge in [-0.25, -0.2) is 4.98 Å². The monoisotopic (exact) mass is 284 g/mol. The van der Waals surface area contributed by atoms with Gasteiger partial charge in [-0.3, -0.25) is 0 Å². The maximum atomic E-state index is 5.76. The average molecular weight is 284 g/mol. The smallest absolute Gasteiger partial charge is 0.231 e. The van der Waals surface area contributed by atoms with E-state index in [4.69, 9.17) is 16.3 Å². The maximum absolute atomic E-state index is 5.76. The molecule has 1 heterocycles. The minimum absolute atomic E-state index is 0.440. The van der Waals surface area contributed by atoms with Crippen LogP contribution in [0.3, 0.4) is 0 Å². The van der Waals surface area contributed by atoms with Crippen molar-refractivity contribution in [2.45, 2.75) is 6.92 Å². The van der Waals surface area contributed by atoms with E-state index in [0.717, 1.165) is 3.57 Å². The van der Waals surface area contributed by atoms with Crippen LogP contribution in [0.15, 0.2) is 0 Å². The molecule has 11 heavy (non-hydrogen) atoms. The number of halogens is 2. The van der Waals surface area contributed by atoms with Gasteiger partial charge in [0, 0.05) is 0 Å². The van der Waals surface area contributed by atoms with Gasteiger partial charge in [0.25, 0.3) is 0 Å². The molecule has 1 aromatic heterocycles. The lowest BCUT2D eigenvalue weighted by Crippen LogP contribution is -1.97.